The van der Waals surface area contributed by atoms with E-state index >= 15 is 0 Å². The predicted octanol–water partition coefficient (Wildman–Crippen LogP) is 4.07. The van der Waals surface area contributed by atoms with E-state index in [1.165, 1.54) is 44.3 Å². The zero-order chi connectivity index (χ0) is 12.3. The van der Waals surface area contributed by atoms with Crippen LogP contribution in [0.1, 0.15) is 59.3 Å². The van der Waals surface area contributed by atoms with Gasteiger partial charge in [-0.3, -0.25) is 0 Å². The van der Waals surface area contributed by atoms with Gasteiger partial charge in [0.15, 0.2) is 0 Å². The number of rotatable bonds is 4. The summed E-state index contributed by atoms with van der Waals surface area (Å²) >= 11 is 2.18. The molecule has 0 spiro atoms. The standard InChI is InChI=1S/C15H29NS/c1-4-17-15-7-5-6-13(15)16-14-10-11(2)8-9-12(14)3/h11-16H,4-10H2,1-3H3. The molecule has 0 aromatic rings. The highest BCUT2D eigenvalue weighted by atomic mass is 32.2. The van der Waals surface area contributed by atoms with E-state index in [-0.39, 0.29) is 0 Å². The molecule has 17 heavy (non-hydrogen) atoms. The third-order valence-corrected chi connectivity index (χ3v) is 6.05. The maximum absolute atomic E-state index is 4.01. The Morgan fingerprint density at radius 2 is 1.88 bits per heavy atom. The van der Waals surface area contributed by atoms with Gasteiger partial charge in [0.05, 0.1) is 0 Å². The third kappa shape index (κ3) is 3.64. The van der Waals surface area contributed by atoms with Crippen molar-refractivity contribution in [3.63, 3.8) is 0 Å². The lowest BCUT2D eigenvalue weighted by atomic mass is 9.80. The molecule has 0 bridgehead atoms. The highest BCUT2D eigenvalue weighted by Gasteiger charge is 2.32. The molecule has 1 N–H and O–H groups in total. The first-order valence-corrected chi connectivity index (χ1v) is 8.63. The minimum Gasteiger partial charge on any atom is -0.310 e. The minimum atomic E-state index is 0.793. The van der Waals surface area contributed by atoms with Crippen molar-refractivity contribution < 1.29 is 0 Å². The second-order valence-electron chi connectivity index (χ2n) is 6.20. The molecule has 0 amide bonds. The van der Waals surface area contributed by atoms with E-state index in [9.17, 15) is 0 Å². The number of thioether (sulfide) groups is 1. The van der Waals surface area contributed by atoms with Crippen molar-refractivity contribution in [2.24, 2.45) is 11.8 Å². The first-order chi connectivity index (χ1) is 8.20. The Morgan fingerprint density at radius 1 is 1.06 bits per heavy atom. The molecule has 2 saturated carbocycles. The molecule has 5 unspecified atom stereocenters. The molecular formula is C15H29NS. The van der Waals surface area contributed by atoms with Gasteiger partial charge >= 0.3 is 0 Å². The van der Waals surface area contributed by atoms with Gasteiger partial charge < -0.3 is 5.32 Å². The van der Waals surface area contributed by atoms with Crippen LogP contribution >= 0.6 is 11.8 Å². The topological polar surface area (TPSA) is 12.0 Å². The molecule has 2 aliphatic carbocycles. The van der Waals surface area contributed by atoms with Gasteiger partial charge in [0, 0.05) is 17.3 Å². The van der Waals surface area contributed by atoms with E-state index in [4.69, 9.17) is 0 Å². The second-order valence-corrected chi connectivity index (χ2v) is 7.72. The summed E-state index contributed by atoms with van der Waals surface area (Å²) in [6.07, 6.45) is 8.56. The molecule has 0 heterocycles. The molecule has 2 heteroatoms. The maximum atomic E-state index is 4.01. The zero-order valence-corrected chi connectivity index (χ0v) is 12.6. The molecule has 100 valence electrons. The lowest BCUT2D eigenvalue weighted by Gasteiger charge is -2.36. The van der Waals surface area contributed by atoms with Crippen molar-refractivity contribution in [2.45, 2.75) is 76.6 Å². The van der Waals surface area contributed by atoms with E-state index in [0.717, 1.165) is 29.2 Å². The normalized spacial score (nSPS) is 42.9. The van der Waals surface area contributed by atoms with Gasteiger partial charge in [-0.1, -0.05) is 33.6 Å². The van der Waals surface area contributed by atoms with E-state index in [1.807, 2.05) is 0 Å². The van der Waals surface area contributed by atoms with Crippen molar-refractivity contribution >= 4 is 11.8 Å². The summed E-state index contributed by atoms with van der Waals surface area (Å²) < 4.78 is 0. The average molecular weight is 255 g/mol. The molecule has 0 aliphatic heterocycles. The lowest BCUT2D eigenvalue weighted by molar-refractivity contribution is 0.214. The van der Waals surface area contributed by atoms with Crippen LogP contribution < -0.4 is 5.32 Å². The summed E-state index contributed by atoms with van der Waals surface area (Å²) in [6, 6.07) is 1.60. The van der Waals surface area contributed by atoms with Crippen LogP contribution in [-0.4, -0.2) is 23.1 Å². The van der Waals surface area contributed by atoms with Gasteiger partial charge in [0.1, 0.15) is 0 Å². The van der Waals surface area contributed by atoms with Gasteiger partial charge in [0.25, 0.3) is 0 Å². The van der Waals surface area contributed by atoms with Crippen molar-refractivity contribution in [2.75, 3.05) is 5.75 Å². The van der Waals surface area contributed by atoms with Crippen LogP contribution in [0.2, 0.25) is 0 Å². The van der Waals surface area contributed by atoms with Gasteiger partial charge in [-0.25, -0.2) is 0 Å². The van der Waals surface area contributed by atoms with Crippen molar-refractivity contribution in [1.82, 2.24) is 5.32 Å². The van der Waals surface area contributed by atoms with Crippen LogP contribution in [0, 0.1) is 11.8 Å². The molecule has 2 aliphatic rings. The van der Waals surface area contributed by atoms with Gasteiger partial charge in [0.2, 0.25) is 0 Å². The SMILES string of the molecule is CCSC1CCCC1NC1CC(C)CCC1C. The molecule has 2 rings (SSSR count). The highest BCUT2D eigenvalue weighted by molar-refractivity contribution is 7.99. The summed E-state index contributed by atoms with van der Waals surface area (Å²) in [4.78, 5) is 0. The fraction of sp³-hybridized carbons (Fsp3) is 1.00. The third-order valence-electron chi connectivity index (χ3n) is 4.72. The predicted molar refractivity (Wildman–Crippen MR) is 78.7 cm³/mol. The van der Waals surface area contributed by atoms with Crippen LogP contribution in [0.25, 0.3) is 0 Å². The van der Waals surface area contributed by atoms with Crippen molar-refractivity contribution in [3.8, 4) is 0 Å². The Labute approximate surface area is 112 Å². The Kier molecular flexibility index (Phi) is 5.23. The number of nitrogens with one attached hydrogen (secondary N) is 1. The second kappa shape index (κ2) is 6.47. The summed E-state index contributed by atoms with van der Waals surface area (Å²) in [5.41, 5.74) is 0. The van der Waals surface area contributed by atoms with Crippen LogP contribution in [0.4, 0.5) is 0 Å². The minimum absolute atomic E-state index is 0.793. The van der Waals surface area contributed by atoms with Crippen LogP contribution in [0.5, 0.6) is 0 Å². The number of hydrogen-bond acceptors (Lipinski definition) is 2. The quantitative estimate of drug-likeness (QED) is 0.812. The average Bonchev–Trinajstić information content (AvgIpc) is 2.72. The maximum Gasteiger partial charge on any atom is 0.0201 e. The van der Waals surface area contributed by atoms with Crippen LogP contribution in [0.15, 0.2) is 0 Å². The molecule has 0 aromatic heterocycles. The molecule has 5 atom stereocenters. The van der Waals surface area contributed by atoms with E-state index in [2.05, 4.69) is 37.8 Å². The van der Waals surface area contributed by atoms with Crippen LogP contribution in [0.3, 0.4) is 0 Å². The number of hydrogen-bond donors (Lipinski definition) is 1. The smallest absolute Gasteiger partial charge is 0.0201 e. The summed E-state index contributed by atoms with van der Waals surface area (Å²) in [6.45, 7) is 7.17. The zero-order valence-electron chi connectivity index (χ0n) is 11.7. The van der Waals surface area contributed by atoms with E-state index < -0.39 is 0 Å². The Morgan fingerprint density at radius 3 is 2.65 bits per heavy atom. The fourth-order valence-corrected chi connectivity index (χ4v) is 4.78. The molecule has 2 fully saturated rings. The first kappa shape index (κ1) is 13.7. The van der Waals surface area contributed by atoms with Crippen LogP contribution in [-0.2, 0) is 0 Å². The Balaban J connectivity index is 1.86. The van der Waals surface area contributed by atoms with E-state index in [1.54, 1.807) is 0 Å². The van der Waals surface area contributed by atoms with Crippen molar-refractivity contribution in [3.05, 3.63) is 0 Å². The molecule has 1 nitrogen and oxygen atoms in total. The summed E-state index contributed by atoms with van der Waals surface area (Å²) in [5, 5.41) is 4.91. The van der Waals surface area contributed by atoms with Gasteiger partial charge in [-0.2, -0.15) is 11.8 Å². The van der Waals surface area contributed by atoms with Crippen molar-refractivity contribution in [1.29, 1.82) is 0 Å². The monoisotopic (exact) mass is 255 g/mol. The highest BCUT2D eigenvalue weighted by Crippen LogP contribution is 2.33. The molecular weight excluding hydrogens is 226 g/mol. The Hall–Kier alpha value is 0.310. The summed E-state index contributed by atoms with van der Waals surface area (Å²) in [7, 11) is 0. The molecule has 0 aromatic carbocycles. The van der Waals surface area contributed by atoms with Gasteiger partial charge in [-0.15, -0.1) is 0 Å². The molecule has 0 radical (unpaired) electrons. The first-order valence-electron chi connectivity index (χ1n) is 7.58. The Bertz CT molecular complexity index is 231. The lowest BCUT2D eigenvalue weighted by Crippen LogP contribution is -2.47. The van der Waals surface area contributed by atoms with Gasteiger partial charge in [-0.05, 0) is 43.3 Å². The fourth-order valence-electron chi connectivity index (χ4n) is 3.57. The summed E-state index contributed by atoms with van der Waals surface area (Å²) in [5.74, 6) is 3.10. The largest absolute Gasteiger partial charge is 0.310 e. The molecule has 0 saturated heterocycles. The van der Waals surface area contributed by atoms with E-state index in [0.29, 0.717) is 0 Å².